The van der Waals surface area contributed by atoms with Crippen molar-refractivity contribution in [2.45, 2.75) is 53.0 Å². The predicted molar refractivity (Wildman–Crippen MR) is 69.8 cm³/mol. The minimum Gasteiger partial charge on any atom is -0.479 e. The molecule has 0 spiro atoms. The van der Waals surface area contributed by atoms with Crippen molar-refractivity contribution >= 4 is 17.8 Å². The van der Waals surface area contributed by atoms with E-state index in [1.54, 1.807) is 6.92 Å². The van der Waals surface area contributed by atoms with Crippen LogP contribution in [0, 0.1) is 5.41 Å². The number of hydrogen-bond donors (Lipinski definition) is 2. The van der Waals surface area contributed by atoms with Gasteiger partial charge in [-0.2, -0.15) is 0 Å². The Hall–Kier alpha value is -1.59. The first-order valence-electron chi connectivity index (χ1n) is 6.30. The molecule has 0 fully saturated rings. The van der Waals surface area contributed by atoms with E-state index in [4.69, 9.17) is 0 Å². The van der Waals surface area contributed by atoms with Gasteiger partial charge in [0.15, 0.2) is 0 Å². The first-order valence-corrected chi connectivity index (χ1v) is 6.30. The summed E-state index contributed by atoms with van der Waals surface area (Å²) in [6.07, 6.45) is -0.0788. The molecule has 0 saturated heterocycles. The summed E-state index contributed by atoms with van der Waals surface area (Å²) in [6, 6.07) is 0. The van der Waals surface area contributed by atoms with Gasteiger partial charge in [-0.25, -0.2) is 9.59 Å². The first-order chi connectivity index (χ1) is 8.52. The number of aliphatic carboxylic acids is 2. The van der Waals surface area contributed by atoms with Gasteiger partial charge in [0.05, 0.1) is 0 Å². The van der Waals surface area contributed by atoms with Crippen LogP contribution in [-0.4, -0.2) is 45.0 Å². The molecule has 0 saturated carbocycles. The largest absolute Gasteiger partial charge is 0.479 e. The van der Waals surface area contributed by atoms with Crippen molar-refractivity contribution in [1.29, 1.82) is 0 Å². The van der Waals surface area contributed by atoms with Gasteiger partial charge >= 0.3 is 11.9 Å². The standard InChI is InChI=1S/C13H23NO5/c1-6-13(10(16)17,11(18)19)14(7-2)9(15)8-12(3,4)5/h6-8H2,1-5H3,(H,16,17)(H,18,19). The number of nitrogens with zero attached hydrogens (tertiary/aromatic N) is 1. The van der Waals surface area contributed by atoms with E-state index in [9.17, 15) is 24.6 Å². The van der Waals surface area contributed by atoms with Gasteiger partial charge in [-0.3, -0.25) is 4.79 Å². The summed E-state index contributed by atoms with van der Waals surface area (Å²) in [5.74, 6) is -3.47. The third kappa shape index (κ3) is 3.68. The maximum atomic E-state index is 12.2. The van der Waals surface area contributed by atoms with E-state index in [-0.39, 0.29) is 24.8 Å². The summed E-state index contributed by atoms with van der Waals surface area (Å²) in [5.41, 5.74) is -2.52. The smallest absolute Gasteiger partial charge is 0.341 e. The molecule has 0 heterocycles. The topological polar surface area (TPSA) is 94.9 Å². The molecule has 110 valence electrons. The fourth-order valence-electron chi connectivity index (χ4n) is 2.02. The number of likely N-dealkylation sites (N-methyl/N-ethyl adjacent to an activating group) is 1. The van der Waals surface area contributed by atoms with Crippen molar-refractivity contribution in [1.82, 2.24) is 4.90 Å². The molecule has 6 nitrogen and oxygen atoms in total. The molecular formula is C13H23NO5. The highest BCUT2D eigenvalue weighted by Gasteiger charge is 2.52. The van der Waals surface area contributed by atoms with Crippen LogP contribution in [0.15, 0.2) is 0 Å². The van der Waals surface area contributed by atoms with E-state index in [1.807, 2.05) is 20.8 Å². The number of carbonyl (C=O) groups is 3. The highest BCUT2D eigenvalue weighted by molar-refractivity contribution is 6.06. The van der Waals surface area contributed by atoms with E-state index >= 15 is 0 Å². The van der Waals surface area contributed by atoms with Gasteiger partial charge in [0.2, 0.25) is 11.4 Å². The molecule has 0 aromatic carbocycles. The highest BCUT2D eigenvalue weighted by atomic mass is 16.4. The lowest BCUT2D eigenvalue weighted by molar-refractivity contribution is -0.174. The summed E-state index contributed by atoms with van der Waals surface area (Å²) in [6.45, 7) is 8.60. The average molecular weight is 273 g/mol. The number of rotatable bonds is 6. The minimum atomic E-state index is -2.18. The number of amides is 1. The van der Waals surface area contributed by atoms with Gasteiger partial charge in [-0.05, 0) is 18.8 Å². The molecule has 19 heavy (non-hydrogen) atoms. The van der Waals surface area contributed by atoms with Crippen LogP contribution < -0.4 is 0 Å². The summed E-state index contributed by atoms with van der Waals surface area (Å²) in [4.78, 5) is 35.9. The van der Waals surface area contributed by atoms with Crippen LogP contribution in [0.4, 0.5) is 0 Å². The van der Waals surface area contributed by atoms with Crippen LogP contribution in [-0.2, 0) is 14.4 Å². The molecule has 6 heteroatoms. The van der Waals surface area contributed by atoms with Crippen LogP contribution in [0.5, 0.6) is 0 Å². The van der Waals surface area contributed by atoms with Crippen LogP contribution in [0.25, 0.3) is 0 Å². The molecule has 0 atom stereocenters. The van der Waals surface area contributed by atoms with Gasteiger partial charge < -0.3 is 15.1 Å². The maximum Gasteiger partial charge on any atom is 0.341 e. The summed E-state index contributed by atoms with van der Waals surface area (Å²) in [5, 5.41) is 18.5. The molecule has 0 bridgehead atoms. The molecule has 0 rings (SSSR count). The zero-order chi connectivity index (χ0) is 15.4. The Morgan fingerprint density at radius 3 is 1.63 bits per heavy atom. The highest BCUT2D eigenvalue weighted by Crippen LogP contribution is 2.26. The van der Waals surface area contributed by atoms with E-state index in [0.29, 0.717) is 0 Å². The van der Waals surface area contributed by atoms with E-state index in [1.165, 1.54) is 6.92 Å². The Bertz CT molecular complexity index is 356. The van der Waals surface area contributed by atoms with Gasteiger partial charge in [0.1, 0.15) is 0 Å². The second-order valence-corrected chi connectivity index (χ2v) is 5.70. The maximum absolute atomic E-state index is 12.2. The van der Waals surface area contributed by atoms with Crippen molar-refractivity contribution < 1.29 is 24.6 Å². The molecule has 0 aliphatic carbocycles. The first kappa shape index (κ1) is 17.4. The Morgan fingerprint density at radius 2 is 1.42 bits per heavy atom. The van der Waals surface area contributed by atoms with Gasteiger partial charge in [0, 0.05) is 13.0 Å². The number of carbonyl (C=O) groups excluding carboxylic acids is 1. The number of carboxylic acids is 2. The summed E-state index contributed by atoms with van der Waals surface area (Å²) < 4.78 is 0. The second kappa shape index (κ2) is 6.04. The van der Waals surface area contributed by atoms with Crippen LogP contribution in [0.1, 0.15) is 47.5 Å². The molecule has 0 radical (unpaired) electrons. The SMILES string of the molecule is CCN(C(=O)CC(C)(C)C)C(CC)(C(=O)O)C(=O)O. The number of carboxylic acid groups (broad SMARTS) is 2. The zero-order valence-corrected chi connectivity index (χ0v) is 12.2. The van der Waals surface area contributed by atoms with Crippen molar-refractivity contribution in [2.24, 2.45) is 5.41 Å². The second-order valence-electron chi connectivity index (χ2n) is 5.70. The minimum absolute atomic E-state index is 0.0430. The van der Waals surface area contributed by atoms with Gasteiger partial charge in [0.25, 0.3) is 0 Å². The molecular weight excluding hydrogens is 250 g/mol. The fraction of sp³-hybridized carbons (Fsp3) is 0.769. The lowest BCUT2D eigenvalue weighted by Crippen LogP contribution is -2.62. The molecule has 1 amide bonds. The molecule has 2 N–H and O–H groups in total. The Kier molecular flexibility index (Phi) is 5.53. The van der Waals surface area contributed by atoms with E-state index in [2.05, 4.69) is 0 Å². The quantitative estimate of drug-likeness (QED) is 0.716. The van der Waals surface area contributed by atoms with Crippen molar-refractivity contribution in [3.63, 3.8) is 0 Å². The Balaban J connectivity index is 5.57. The Morgan fingerprint density at radius 1 is 1.00 bits per heavy atom. The molecule has 0 aliphatic heterocycles. The monoisotopic (exact) mass is 273 g/mol. The van der Waals surface area contributed by atoms with Crippen molar-refractivity contribution in [2.75, 3.05) is 6.54 Å². The van der Waals surface area contributed by atoms with E-state index in [0.717, 1.165) is 4.90 Å². The fourth-order valence-corrected chi connectivity index (χ4v) is 2.02. The van der Waals surface area contributed by atoms with Crippen LogP contribution in [0.3, 0.4) is 0 Å². The third-order valence-corrected chi connectivity index (χ3v) is 2.98. The lowest BCUT2D eigenvalue weighted by Gasteiger charge is -2.37. The molecule has 0 unspecified atom stereocenters. The molecule has 0 aromatic rings. The van der Waals surface area contributed by atoms with Gasteiger partial charge in [-0.15, -0.1) is 0 Å². The normalized spacial score (nSPS) is 12.1. The van der Waals surface area contributed by atoms with Gasteiger partial charge in [-0.1, -0.05) is 27.7 Å². The summed E-state index contributed by atoms with van der Waals surface area (Å²) in [7, 11) is 0. The van der Waals surface area contributed by atoms with Crippen molar-refractivity contribution in [3.8, 4) is 0 Å². The Labute approximate surface area is 113 Å². The summed E-state index contributed by atoms with van der Waals surface area (Å²) >= 11 is 0. The van der Waals surface area contributed by atoms with Crippen LogP contribution in [0.2, 0.25) is 0 Å². The molecule has 0 aliphatic rings. The molecule has 0 aromatic heterocycles. The van der Waals surface area contributed by atoms with Crippen molar-refractivity contribution in [3.05, 3.63) is 0 Å². The van der Waals surface area contributed by atoms with Crippen LogP contribution >= 0.6 is 0 Å². The third-order valence-electron chi connectivity index (χ3n) is 2.98. The number of hydrogen-bond acceptors (Lipinski definition) is 3. The lowest BCUT2D eigenvalue weighted by atomic mass is 9.88. The zero-order valence-electron chi connectivity index (χ0n) is 12.2. The average Bonchev–Trinajstić information content (AvgIpc) is 2.21. The van der Waals surface area contributed by atoms with E-state index < -0.39 is 23.4 Å². The predicted octanol–water partition coefficient (Wildman–Crippen LogP) is 1.59.